The smallest absolute Gasteiger partial charge is 0.233 e. The highest BCUT2D eigenvalue weighted by Gasteiger charge is 2.22. The second kappa shape index (κ2) is 5.73. The van der Waals surface area contributed by atoms with Crippen LogP contribution in [0.2, 0.25) is 0 Å². The van der Waals surface area contributed by atoms with E-state index < -0.39 is 0 Å². The largest absolute Gasteiger partial charge is 0.352 e. The summed E-state index contributed by atoms with van der Waals surface area (Å²) in [4.78, 5) is 12.0. The topological polar surface area (TPSA) is 59.8 Å². The maximum atomic E-state index is 12.0. The van der Waals surface area contributed by atoms with Gasteiger partial charge in [0.2, 0.25) is 5.91 Å². The molecule has 1 saturated carbocycles. The zero-order chi connectivity index (χ0) is 13.1. The van der Waals surface area contributed by atoms with Crippen molar-refractivity contribution in [3.05, 3.63) is 5.82 Å². The minimum absolute atomic E-state index is 0.104. The summed E-state index contributed by atoms with van der Waals surface area (Å²) < 4.78 is 1.91. The van der Waals surface area contributed by atoms with Crippen molar-refractivity contribution < 1.29 is 4.79 Å². The van der Waals surface area contributed by atoms with E-state index in [9.17, 15) is 4.79 Å². The number of nitrogens with one attached hydrogen (secondary N) is 1. The lowest BCUT2D eigenvalue weighted by Gasteiger charge is -2.15. The number of carbonyl (C=O) groups excluding carboxylic acids is 1. The maximum Gasteiger partial charge on any atom is 0.233 e. The molecule has 5 nitrogen and oxygen atoms in total. The van der Waals surface area contributed by atoms with E-state index in [1.165, 1.54) is 24.6 Å². The zero-order valence-electron chi connectivity index (χ0n) is 11.1. The van der Waals surface area contributed by atoms with Gasteiger partial charge in [-0.15, -0.1) is 10.2 Å². The summed E-state index contributed by atoms with van der Waals surface area (Å²) in [5.74, 6) is 0.966. The van der Waals surface area contributed by atoms with Gasteiger partial charge in [0.05, 0.1) is 5.25 Å². The second-order valence-corrected chi connectivity index (χ2v) is 6.15. The number of nitrogens with zero attached hydrogens (tertiary/aromatic N) is 3. The lowest BCUT2D eigenvalue weighted by Crippen LogP contribution is -2.37. The number of carbonyl (C=O) groups is 1. The maximum absolute atomic E-state index is 12.0. The molecule has 1 N–H and O–H groups in total. The van der Waals surface area contributed by atoms with Crippen molar-refractivity contribution in [2.24, 2.45) is 7.05 Å². The third-order valence-electron chi connectivity index (χ3n) is 3.41. The van der Waals surface area contributed by atoms with Gasteiger partial charge < -0.3 is 9.88 Å². The Morgan fingerprint density at radius 3 is 2.67 bits per heavy atom. The van der Waals surface area contributed by atoms with Gasteiger partial charge in [-0.2, -0.15) is 0 Å². The van der Waals surface area contributed by atoms with Crippen molar-refractivity contribution in [2.45, 2.75) is 56.0 Å². The summed E-state index contributed by atoms with van der Waals surface area (Å²) in [5.41, 5.74) is 0. The molecular weight excluding hydrogens is 248 g/mol. The number of thioether (sulfide) groups is 1. The van der Waals surface area contributed by atoms with Gasteiger partial charge in [-0.1, -0.05) is 24.6 Å². The predicted octanol–water partition coefficient (Wildman–Crippen LogP) is 1.66. The van der Waals surface area contributed by atoms with E-state index in [2.05, 4.69) is 15.5 Å². The Hall–Kier alpha value is -1.04. The fourth-order valence-corrected chi connectivity index (χ4v) is 2.96. The first-order chi connectivity index (χ1) is 8.58. The fraction of sp³-hybridized carbons (Fsp3) is 0.750. The van der Waals surface area contributed by atoms with Crippen molar-refractivity contribution >= 4 is 17.7 Å². The van der Waals surface area contributed by atoms with Crippen LogP contribution in [0.3, 0.4) is 0 Å². The summed E-state index contributed by atoms with van der Waals surface area (Å²) in [6, 6.07) is 0.377. The van der Waals surface area contributed by atoms with Gasteiger partial charge in [0.15, 0.2) is 5.16 Å². The zero-order valence-corrected chi connectivity index (χ0v) is 12.0. The van der Waals surface area contributed by atoms with Gasteiger partial charge in [-0.3, -0.25) is 4.79 Å². The number of aromatic nitrogens is 3. The highest BCUT2D eigenvalue weighted by Crippen LogP contribution is 2.23. The molecule has 0 unspecified atom stereocenters. The number of hydrogen-bond donors (Lipinski definition) is 1. The summed E-state index contributed by atoms with van der Waals surface area (Å²) in [6.07, 6.45) is 4.70. The van der Waals surface area contributed by atoms with Gasteiger partial charge in [0, 0.05) is 13.1 Å². The van der Waals surface area contributed by atoms with Crippen molar-refractivity contribution in [3.8, 4) is 0 Å². The molecule has 0 radical (unpaired) electrons. The molecule has 100 valence electrons. The molecule has 0 aliphatic heterocycles. The molecule has 1 fully saturated rings. The van der Waals surface area contributed by atoms with Crippen molar-refractivity contribution in [3.63, 3.8) is 0 Å². The molecule has 1 aliphatic rings. The molecule has 1 amide bonds. The molecule has 1 atom stereocenters. The van der Waals surface area contributed by atoms with Crippen LogP contribution in [0.15, 0.2) is 5.16 Å². The van der Waals surface area contributed by atoms with Gasteiger partial charge in [-0.25, -0.2) is 0 Å². The Morgan fingerprint density at radius 2 is 2.11 bits per heavy atom. The van der Waals surface area contributed by atoms with E-state index >= 15 is 0 Å². The predicted molar refractivity (Wildman–Crippen MR) is 71.5 cm³/mol. The Morgan fingerprint density at radius 1 is 1.44 bits per heavy atom. The van der Waals surface area contributed by atoms with E-state index in [0.29, 0.717) is 6.04 Å². The van der Waals surface area contributed by atoms with Crippen molar-refractivity contribution in [1.82, 2.24) is 20.1 Å². The summed E-state index contributed by atoms with van der Waals surface area (Å²) in [6.45, 7) is 3.82. The highest BCUT2D eigenvalue weighted by atomic mass is 32.2. The first kappa shape index (κ1) is 13.4. The Kier molecular flexibility index (Phi) is 4.27. The SMILES string of the molecule is Cc1nnc(S[C@@H](C)C(=O)NC2CCCC2)n1C. The van der Waals surface area contributed by atoms with Crippen LogP contribution in [0.5, 0.6) is 0 Å². The second-order valence-electron chi connectivity index (χ2n) is 4.84. The molecule has 1 heterocycles. The molecule has 0 saturated heterocycles. The van der Waals surface area contributed by atoms with Crippen LogP contribution in [0, 0.1) is 6.92 Å². The Labute approximate surface area is 112 Å². The highest BCUT2D eigenvalue weighted by molar-refractivity contribution is 8.00. The van der Waals surface area contributed by atoms with Crippen LogP contribution in [0.4, 0.5) is 0 Å². The normalized spacial score (nSPS) is 17.9. The van der Waals surface area contributed by atoms with E-state index in [4.69, 9.17) is 0 Å². The monoisotopic (exact) mass is 268 g/mol. The van der Waals surface area contributed by atoms with E-state index in [-0.39, 0.29) is 11.2 Å². The molecule has 18 heavy (non-hydrogen) atoms. The molecule has 1 aromatic heterocycles. The lowest BCUT2D eigenvalue weighted by atomic mass is 10.2. The first-order valence-electron chi connectivity index (χ1n) is 6.41. The third kappa shape index (κ3) is 3.04. The first-order valence-corrected chi connectivity index (χ1v) is 7.29. The molecule has 2 rings (SSSR count). The minimum atomic E-state index is -0.132. The number of hydrogen-bond acceptors (Lipinski definition) is 4. The molecule has 6 heteroatoms. The average Bonchev–Trinajstić information content (AvgIpc) is 2.94. The van der Waals surface area contributed by atoms with Crippen LogP contribution in [0.1, 0.15) is 38.4 Å². The van der Waals surface area contributed by atoms with Crippen LogP contribution in [-0.2, 0) is 11.8 Å². The number of rotatable bonds is 4. The van der Waals surface area contributed by atoms with Crippen LogP contribution >= 0.6 is 11.8 Å². The Balaban J connectivity index is 1.88. The summed E-state index contributed by atoms with van der Waals surface area (Å²) in [7, 11) is 1.92. The van der Waals surface area contributed by atoms with Gasteiger partial charge in [0.1, 0.15) is 5.82 Å². The number of amides is 1. The molecule has 0 spiro atoms. The van der Waals surface area contributed by atoms with Crippen LogP contribution < -0.4 is 5.32 Å². The van der Waals surface area contributed by atoms with Gasteiger partial charge in [-0.05, 0) is 26.7 Å². The summed E-state index contributed by atoms with van der Waals surface area (Å²) in [5, 5.41) is 11.8. The molecular formula is C12H20N4OS. The molecule has 1 aliphatic carbocycles. The summed E-state index contributed by atoms with van der Waals surface area (Å²) >= 11 is 1.46. The van der Waals surface area contributed by atoms with E-state index in [0.717, 1.165) is 23.8 Å². The fourth-order valence-electron chi connectivity index (χ4n) is 2.09. The lowest BCUT2D eigenvalue weighted by molar-refractivity contribution is -0.120. The van der Waals surface area contributed by atoms with E-state index in [1.807, 2.05) is 25.5 Å². The number of aryl methyl sites for hydroxylation is 1. The molecule has 0 aromatic carbocycles. The van der Waals surface area contributed by atoms with E-state index in [1.54, 1.807) is 0 Å². The third-order valence-corrected chi connectivity index (χ3v) is 4.54. The quantitative estimate of drug-likeness (QED) is 0.844. The van der Waals surface area contributed by atoms with Gasteiger partial charge >= 0.3 is 0 Å². The van der Waals surface area contributed by atoms with Crippen LogP contribution in [-0.4, -0.2) is 32.0 Å². The minimum Gasteiger partial charge on any atom is -0.352 e. The Bertz CT molecular complexity index is 426. The van der Waals surface area contributed by atoms with Crippen molar-refractivity contribution in [1.29, 1.82) is 0 Å². The van der Waals surface area contributed by atoms with Gasteiger partial charge in [0.25, 0.3) is 0 Å². The average molecular weight is 268 g/mol. The standard InChI is InChI=1S/C12H20N4OS/c1-8(11(17)13-10-6-4-5-7-10)18-12-15-14-9(2)16(12)3/h8,10H,4-7H2,1-3H3,(H,13,17)/t8-/m0/s1. The molecule has 1 aromatic rings. The van der Waals surface area contributed by atoms with Crippen molar-refractivity contribution in [2.75, 3.05) is 0 Å². The molecule has 0 bridgehead atoms. The van der Waals surface area contributed by atoms with Crippen LogP contribution in [0.25, 0.3) is 0 Å².